The predicted octanol–water partition coefficient (Wildman–Crippen LogP) is 12.6. The molecule has 1 aliphatic heterocycles. The van der Waals surface area contributed by atoms with E-state index in [9.17, 15) is 30.6 Å². The maximum Gasteiger partial charge on any atom is 0.460 e. The van der Waals surface area contributed by atoms with Gasteiger partial charge in [-0.05, 0) is 148 Å². The van der Waals surface area contributed by atoms with E-state index in [1.807, 2.05) is 0 Å². The van der Waals surface area contributed by atoms with Crippen molar-refractivity contribution in [3.8, 4) is 34.5 Å². The molecule has 7 rings (SSSR count). The van der Waals surface area contributed by atoms with Gasteiger partial charge in [0, 0.05) is 0 Å². The molecule has 66 heavy (non-hydrogen) atoms. The van der Waals surface area contributed by atoms with E-state index in [0.717, 1.165) is 0 Å². The molecule has 0 bridgehead atoms. The highest BCUT2D eigenvalue weighted by Crippen LogP contribution is 2.78. The van der Waals surface area contributed by atoms with Crippen LogP contribution in [0.4, 0.5) is 0 Å². The molecule has 0 spiro atoms. The summed E-state index contributed by atoms with van der Waals surface area (Å²) in [6, 6.07) is 39.9. The van der Waals surface area contributed by atoms with Crippen LogP contribution < -0.4 is 27.1 Å². The van der Waals surface area contributed by atoms with Gasteiger partial charge in [0.25, 0.3) is 0 Å². The largest absolute Gasteiger partial charge is 0.460 e. The van der Waals surface area contributed by atoms with Gasteiger partial charge >= 0.3 is 23.0 Å². The van der Waals surface area contributed by atoms with Crippen LogP contribution in [0.2, 0.25) is 0 Å². The van der Waals surface area contributed by atoms with Crippen LogP contribution in [0.5, 0.6) is 34.5 Å². The minimum absolute atomic E-state index is 0.226. The Morgan fingerprint density at radius 1 is 0.258 bits per heavy atom. The van der Waals surface area contributed by atoms with Crippen molar-refractivity contribution < 1.29 is 57.8 Å². The van der Waals surface area contributed by atoms with Gasteiger partial charge in [-0.1, -0.05) is 86.3 Å². The van der Waals surface area contributed by atoms with Crippen LogP contribution >= 0.6 is 23.0 Å². The number of hydrogen-bond acceptors (Lipinski definition) is 15. The smallest absolute Gasteiger partial charge is 0.413 e. The molecule has 6 N–H and O–H groups in total. The van der Waals surface area contributed by atoms with Crippen molar-refractivity contribution in [1.29, 1.82) is 0 Å². The molecular weight excluding hydrogens is 903 g/mol. The summed E-state index contributed by atoms with van der Waals surface area (Å²) in [5.41, 5.74) is 3.67. The molecule has 15 nitrogen and oxygen atoms in total. The minimum Gasteiger partial charge on any atom is -0.413 e. The van der Waals surface area contributed by atoms with Crippen LogP contribution in [0.15, 0.2) is 159 Å². The van der Waals surface area contributed by atoms with Crippen molar-refractivity contribution in [3.05, 3.63) is 179 Å². The maximum absolute atomic E-state index is 10.4. The number of nitrogens with zero attached hydrogens (tertiary/aromatic N) is 3. The Labute approximate surface area is 384 Å². The number of hydrogen-bond donors (Lipinski definition) is 6. The molecular formula is C48H54N3O12P3. The van der Waals surface area contributed by atoms with Crippen LogP contribution in [0.1, 0.15) is 112 Å². The molecule has 0 radical (unpaired) electrons. The zero-order chi connectivity index (χ0) is 47.2. The first-order valence-electron chi connectivity index (χ1n) is 21.2. The Morgan fingerprint density at radius 2 is 0.379 bits per heavy atom. The van der Waals surface area contributed by atoms with Crippen molar-refractivity contribution in [2.45, 2.75) is 78.2 Å². The molecule has 6 aromatic rings. The van der Waals surface area contributed by atoms with E-state index in [0.29, 0.717) is 33.4 Å². The standard InChI is InChI=1S/C48H54N3O12P3/c1-31(52)37-7-19-43(20-8-37)58-64(59-44-21-9-38(10-22-44)32(2)53)49-65(60-45-23-11-39(12-24-45)33(3)54,61-46-25-13-40(14-26-46)34(4)55)51-66(50-64,62-47-27-15-41(16-28-47)35(5)56)63-48-29-17-42(18-30-48)36(6)57/h7-36,52-57H,1-6H3. The summed E-state index contributed by atoms with van der Waals surface area (Å²) in [5, 5.41) is 62.4. The Morgan fingerprint density at radius 3 is 0.485 bits per heavy atom. The fourth-order valence-corrected chi connectivity index (χ4v) is 15.5. The fraction of sp³-hybridized carbons (Fsp3) is 0.250. The first kappa shape index (κ1) is 48.5. The molecule has 1 aliphatic rings. The first-order valence-corrected chi connectivity index (χ1v) is 25.8. The van der Waals surface area contributed by atoms with Crippen LogP contribution in [0.25, 0.3) is 0 Å². The monoisotopic (exact) mass is 957 g/mol. The third kappa shape index (κ3) is 12.1. The van der Waals surface area contributed by atoms with E-state index in [-0.39, 0.29) is 34.5 Å². The van der Waals surface area contributed by atoms with Crippen LogP contribution in [-0.2, 0) is 0 Å². The molecule has 0 fully saturated rings. The van der Waals surface area contributed by atoms with Gasteiger partial charge in [-0.25, -0.2) is 0 Å². The summed E-state index contributed by atoms with van der Waals surface area (Å²) in [6.45, 7) is 9.84. The van der Waals surface area contributed by atoms with Crippen molar-refractivity contribution >= 4 is 23.0 Å². The maximum atomic E-state index is 10.4. The van der Waals surface area contributed by atoms with Crippen LogP contribution in [-0.4, -0.2) is 30.6 Å². The molecule has 1 heterocycles. The average Bonchev–Trinajstić information content (AvgIpc) is 3.27. The zero-order valence-corrected chi connectivity index (χ0v) is 39.8. The van der Waals surface area contributed by atoms with Gasteiger partial charge in [-0.2, -0.15) is 0 Å². The molecule has 6 unspecified atom stereocenters. The van der Waals surface area contributed by atoms with Gasteiger partial charge < -0.3 is 57.8 Å². The Hall–Kier alpha value is -5.43. The number of aliphatic hydroxyl groups is 6. The van der Waals surface area contributed by atoms with Crippen molar-refractivity contribution in [2.24, 2.45) is 13.5 Å². The van der Waals surface area contributed by atoms with Gasteiger partial charge in [-0.3, -0.25) is 0 Å². The van der Waals surface area contributed by atoms with Gasteiger partial charge in [0.1, 0.15) is 34.5 Å². The summed E-state index contributed by atoms with van der Waals surface area (Å²) >= 11 is 0. The molecule has 348 valence electrons. The third-order valence-electron chi connectivity index (χ3n) is 10.2. The number of benzene rings is 6. The Balaban J connectivity index is 1.57. The highest BCUT2D eigenvalue weighted by Gasteiger charge is 2.49. The highest BCUT2D eigenvalue weighted by atomic mass is 31.3. The molecule has 0 saturated heterocycles. The summed E-state index contributed by atoms with van der Waals surface area (Å²) in [5.74, 6) is 1.36. The first-order chi connectivity index (χ1) is 31.4. The van der Waals surface area contributed by atoms with Crippen LogP contribution in [0, 0.1) is 0 Å². The predicted molar refractivity (Wildman–Crippen MR) is 254 cm³/mol. The van der Waals surface area contributed by atoms with E-state index < -0.39 is 59.6 Å². The SMILES string of the molecule is CC(O)c1ccc(OP2(Oc3ccc(C(C)O)cc3)=NP(Oc3ccc(C(C)O)cc3)(Oc3ccc(C(C)O)cc3)=NP(Oc3ccc(C(C)O)cc3)(Oc3ccc(C(C)O)cc3)=N2)cc1. The zero-order valence-electron chi connectivity index (χ0n) is 37.1. The van der Waals surface area contributed by atoms with Crippen LogP contribution in [0.3, 0.4) is 0 Å². The average molecular weight is 958 g/mol. The van der Waals surface area contributed by atoms with Gasteiger partial charge in [0.2, 0.25) is 0 Å². The summed E-state index contributed by atoms with van der Waals surface area (Å²) in [7, 11) is -13.0. The lowest BCUT2D eigenvalue weighted by atomic mass is 10.1. The fourth-order valence-electron chi connectivity index (χ4n) is 6.42. The van der Waals surface area contributed by atoms with E-state index in [4.69, 9.17) is 40.7 Å². The summed E-state index contributed by atoms with van der Waals surface area (Å²) in [4.78, 5) is 0. The number of aliphatic hydroxyl groups excluding tert-OH is 6. The second kappa shape index (κ2) is 20.6. The van der Waals surface area contributed by atoms with E-state index in [2.05, 4.69) is 0 Å². The van der Waals surface area contributed by atoms with Gasteiger partial charge in [0.15, 0.2) is 0 Å². The molecule has 0 aliphatic carbocycles. The molecule has 18 heteroatoms. The molecule has 6 atom stereocenters. The quantitative estimate of drug-likeness (QED) is 0.0444. The minimum atomic E-state index is -4.33. The van der Waals surface area contributed by atoms with Gasteiger partial charge in [0.05, 0.1) is 36.6 Å². The van der Waals surface area contributed by atoms with Gasteiger partial charge in [-0.15, -0.1) is 0 Å². The number of rotatable bonds is 18. The Kier molecular flexibility index (Phi) is 15.1. The summed E-state index contributed by atoms with van der Waals surface area (Å²) < 4.78 is 57.0. The van der Waals surface area contributed by atoms with E-state index in [1.165, 1.54) is 0 Å². The normalized spacial score (nSPS) is 21.8. The summed E-state index contributed by atoms with van der Waals surface area (Å²) in [6.07, 6.45) is -4.69. The van der Waals surface area contributed by atoms with Crippen molar-refractivity contribution in [2.75, 3.05) is 0 Å². The van der Waals surface area contributed by atoms with Crippen molar-refractivity contribution in [3.63, 3.8) is 0 Å². The second-order valence-corrected chi connectivity index (χ2v) is 21.9. The highest BCUT2D eigenvalue weighted by molar-refractivity contribution is 7.79. The van der Waals surface area contributed by atoms with Crippen molar-refractivity contribution in [1.82, 2.24) is 0 Å². The lowest BCUT2D eigenvalue weighted by Crippen LogP contribution is -2.11. The third-order valence-corrected chi connectivity index (χ3v) is 18.3. The topological polar surface area (TPSA) is 214 Å². The molecule has 0 saturated carbocycles. The second-order valence-electron chi connectivity index (χ2n) is 15.8. The van der Waals surface area contributed by atoms with E-state index >= 15 is 0 Å². The molecule has 0 aromatic heterocycles. The lowest BCUT2D eigenvalue weighted by molar-refractivity contribution is 0.199. The lowest BCUT2D eigenvalue weighted by Gasteiger charge is -2.33. The molecule has 6 aromatic carbocycles. The van der Waals surface area contributed by atoms with E-state index in [1.54, 1.807) is 187 Å². The Bertz CT molecular complexity index is 2240. The molecule has 0 amide bonds.